The van der Waals surface area contributed by atoms with Gasteiger partial charge in [-0.15, -0.1) is 0 Å². The van der Waals surface area contributed by atoms with Crippen LogP contribution in [0.2, 0.25) is 0 Å². The number of hydrogen-bond acceptors (Lipinski definition) is 5. The highest BCUT2D eigenvalue weighted by atomic mass is 127. The number of carbonyl (C=O) groups is 1. The van der Waals surface area contributed by atoms with Crippen LogP contribution in [0, 0.1) is 3.57 Å². The van der Waals surface area contributed by atoms with Gasteiger partial charge in [0.05, 0.1) is 0 Å². The second kappa shape index (κ2) is 6.76. The molecule has 1 heterocycles. The molecule has 0 radical (unpaired) electrons. The van der Waals surface area contributed by atoms with Crippen LogP contribution < -0.4 is 10.6 Å². The lowest BCUT2D eigenvalue weighted by Crippen LogP contribution is -2.38. The number of halogens is 1. The molecule has 116 valence electrons. The summed E-state index contributed by atoms with van der Waals surface area (Å²) < 4.78 is 6.28. The molecule has 21 heavy (non-hydrogen) atoms. The highest BCUT2D eigenvalue weighted by Crippen LogP contribution is 2.22. The highest BCUT2D eigenvalue weighted by molar-refractivity contribution is 14.1. The Morgan fingerprint density at radius 2 is 1.90 bits per heavy atom. The number of anilines is 1. The van der Waals surface area contributed by atoms with Gasteiger partial charge < -0.3 is 15.4 Å². The molecule has 1 aliphatic carbocycles. The van der Waals surface area contributed by atoms with Gasteiger partial charge in [-0.2, -0.15) is 0 Å². The van der Waals surface area contributed by atoms with Crippen molar-refractivity contribution < 1.29 is 9.53 Å². The van der Waals surface area contributed by atoms with Crippen LogP contribution >= 0.6 is 22.6 Å². The molecule has 0 aromatic carbocycles. The second-order valence-corrected chi connectivity index (χ2v) is 7.47. The molecule has 1 aromatic heterocycles. The van der Waals surface area contributed by atoms with Gasteiger partial charge in [0, 0.05) is 28.0 Å². The summed E-state index contributed by atoms with van der Waals surface area (Å²) in [4.78, 5) is 20.2. The highest BCUT2D eigenvalue weighted by Gasteiger charge is 2.27. The van der Waals surface area contributed by atoms with Crippen molar-refractivity contribution in [3.05, 3.63) is 16.0 Å². The van der Waals surface area contributed by atoms with Crippen molar-refractivity contribution in [2.75, 3.05) is 5.32 Å². The second-order valence-electron chi connectivity index (χ2n) is 6.22. The van der Waals surface area contributed by atoms with Gasteiger partial charge in [-0.25, -0.2) is 14.8 Å². The van der Waals surface area contributed by atoms with Crippen LogP contribution in [-0.4, -0.2) is 33.7 Å². The lowest BCUT2D eigenvalue weighted by molar-refractivity contribution is 0.0505. The Morgan fingerprint density at radius 1 is 1.29 bits per heavy atom. The monoisotopic (exact) mass is 404 g/mol. The fourth-order valence-electron chi connectivity index (χ4n) is 2.29. The van der Waals surface area contributed by atoms with Gasteiger partial charge in [-0.3, -0.25) is 0 Å². The topological polar surface area (TPSA) is 76.1 Å². The molecule has 0 bridgehead atoms. The zero-order valence-electron chi connectivity index (χ0n) is 12.5. The number of carbonyl (C=O) groups excluding carboxylic acids is 1. The summed E-state index contributed by atoms with van der Waals surface area (Å²) in [6.07, 6.45) is 5.98. The van der Waals surface area contributed by atoms with Gasteiger partial charge in [0.25, 0.3) is 0 Å². The van der Waals surface area contributed by atoms with Crippen LogP contribution in [0.15, 0.2) is 12.4 Å². The third-order valence-electron chi connectivity index (χ3n) is 3.11. The largest absolute Gasteiger partial charge is 0.444 e. The normalized spacial score (nSPS) is 21.9. The third-order valence-corrected chi connectivity index (χ3v) is 3.66. The minimum absolute atomic E-state index is 0.140. The molecule has 0 saturated heterocycles. The van der Waals surface area contributed by atoms with Gasteiger partial charge in [-0.1, -0.05) is 0 Å². The van der Waals surface area contributed by atoms with E-state index in [0.29, 0.717) is 5.95 Å². The first-order valence-corrected chi connectivity index (χ1v) is 8.13. The number of hydrogen-bond donors (Lipinski definition) is 2. The third kappa shape index (κ3) is 5.64. The lowest BCUT2D eigenvalue weighted by atomic mass is 10.2. The Labute approximate surface area is 138 Å². The summed E-state index contributed by atoms with van der Waals surface area (Å²) in [7, 11) is 0. The zero-order valence-corrected chi connectivity index (χ0v) is 14.7. The number of ether oxygens (including phenoxy) is 1. The van der Waals surface area contributed by atoms with E-state index in [4.69, 9.17) is 4.74 Å². The summed E-state index contributed by atoms with van der Waals surface area (Å²) in [5, 5.41) is 6.22. The molecule has 1 fully saturated rings. The Balaban J connectivity index is 1.78. The van der Waals surface area contributed by atoms with E-state index in [9.17, 15) is 4.79 Å². The van der Waals surface area contributed by atoms with E-state index >= 15 is 0 Å². The Kier molecular flexibility index (Phi) is 5.23. The van der Waals surface area contributed by atoms with Crippen molar-refractivity contribution >= 4 is 34.6 Å². The molecular formula is C14H21IN4O2. The van der Waals surface area contributed by atoms with Crippen LogP contribution in [0.3, 0.4) is 0 Å². The molecule has 1 saturated carbocycles. The van der Waals surface area contributed by atoms with E-state index in [1.165, 1.54) is 0 Å². The van der Waals surface area contributed by atoms with Crippen molar-refractivity contribution in [3.8, 4) is 0 Å². The first kappa shape index (κ1) is 16.3. The molecule has 1 aromatic rings. The maximum absolute atomic E-state index is 11.7. The first-order valence-electron chi connectivity index (χ1n) is 7.05. The summed E-state index contributed by atoms with van der Waals surface area (Å²) in [6.45, 7) is 5.58. The lowest BCUT2D eigenvalue weighted by Gasteiger charge is -2.21. The van der Waals surface area contributed by atoms with Crippen LogP contribution in [0.1, 0.15) is 40.0 Å². The predicted molar refractivity (Wildman–Crippen MR) is 89.2 cm³/mol. The zero-order chi connectivity index (χ0) is 15.5. The SMILES string of the molecule is CC(C)(C)OC(=O)N[C@H]1CC[C@H](Nc2ncc(I)cn2)C1. The number of aromatic nitrogens is 2. The molecule has 1 amide bonds. The standard InChI is InChI=1S/C14H21IN4O2/c1-14(2,3)21-13(20)19-11-5-4-10(6-11)18-12-16-7-9(15)8-17-12/h7-8,10-11H,4-6H2,1-3H3,(H,19,20)(H,16,17,18)/t10-,11-/m0/s1. The van der Waals surface area contributed by atoms with Gasteiger partial charge in [0.1, 0.15) is 5.60 Å². The maximum atomic E-state index is 11.7. The number of amides is 1. The number of nitrogens with one attached hydrogen (secondary N) is 2. The first-order chi connectivity index (χ1) is 9.82. The molecule has 6 nitrogen and oxygen atoms in total. The molecule has 1 aliphatic rings. The van der Waals surface area contributed by atoms with E-state index in [1.54, 1.807) is 12.4 Å². The van der Waals surface area contributed by atoms with E-state index in [1.807, 2.05) is 20.8 Å². The minimum Gasteiger partial charge on any atom is -0.444 e. The van der Waals surface area contributed by atoms with Gasteiger partial charge in [-0.05, 0) is 62.6 Å². The number of nitrogens with zero attached hydrogens (tertiary/aromatic N) is 2. The van der Waals surface area contributed by atoms with Crippen LogP contribution in [0.5, 0.6) is 0 Å². The number of alkyl carbamates (subject to hydrolysis) is 1. The van der Waals surface area contributed by atoms with Crippen molar-refractivity contribution in [2.45, 2.75) is 57.7 Å². The van der Waals surface area contributed by atoms with Crippen molar-refractivity contribution in [2.24, 2.45) is 0 Å². The molecule has 7 heteroatoms. The Morgan fingerprint density at radius 3 is 2.52 bits per heavy atom. The maximum Gasteiger partial charge on any atom is 0.407 e. The summed E-state index contributed by atoms with van der Waals surface area (Å²) >= 11 is 2.17. The molecule has 2 N–H and O–H groups in total. The average molecular weight is 404 g/mol. The van der Waals surface area contributed by atoms with E-state index in [2.05, 4.69) is 43.2 Å². The summed E-state index contributed by atoms with van der Waals surface area (Å²) in [5.41, 5.74) is -0.463. The van der Waals surface area contributed by atoms with Crippen molar-refractivity contribution in [1.82, 2.24) is 15.3 Å². The number of rotatable bonds is 3. The predicted octanol–water partition coefficient (Wildman–Crippen LogP) is 2.94. The molecule has 0 spiro atoms. The minimum atomic E-state index is -0.463. The molecule has 0 unspecified atom stereocenters. The molecular weight excluding hydrogens is 383 g/mol. The quantitative estimate of drug-likeness (QED) is 0.758. The molecule has 2 atom stereocenters. The summed E-state index contributed by atoms with van der Waals surface area (Å²) in [6, 6.07) is 0.422. The Bertz CT molecular complexity index is 487. The van der Waals surface area contributed by atoms with Crippen molar-refractivity contribution in [1.29, 1.82) is 0 Å². The van der Waals surface area contributed by atoms with E-state index < -0.39 is 5.60 Å². The van der Waals surface area contributed by atoms with E-state index in [0.717, 1.165) is 22.8 Å². The van der Waals surface area contributed by atoms with Crippen LogP contribution in [-0.2, 0) is 4.74 Å². The van der Waals surface area contributed by atoms with Gasteiger partial charge in [0.15, 0.2) is 0 Å². The fraction of sp³-hybridized carbons (Fsp3) is 0.643. The molecule has 2 rings (SSSR count). The Hall–Kier alpha value is -1.12. The average Bonchev–Trinajstić information content (AvgIpc) is 2.77. The molecule has 0 aliphatic heterocycles. The van der Waals surface area contributed by atoms with E-state index in [-0.39, 0.29) is 18.2 Å². The smallest absolute Gasteiger partial charge is 0.407 e. The van der Waals surface area contributed by atoms with Crippen LogP contribution in [0.4, 0.5) is 10.7 Å². The van der Waals surface area contributed by atoms with Gasteiger partial charge >= 0.3 is 6.09 Å². The van der Waals surface area contributed by atoms with Crippen LogP contribution in [0.25, 0.3) is 0 Å². The van der Waals surface area contributed by atoms with Gasteiger partial charge in [0.2, 0.25) is 5.95 Å². The van der Waals surface area contributed by atoms with Crippen molar-refractivity contribution in [3.63, 3.8) is 0 Å². The fourth-order valence-corrected chi connectivity index (χ4v) is 2.57. The summed E-state index contributed by atoms with van der Waals surface area (Å²) in [5.74, 6) is 0.637.